The van der Waals surface area contributed by atoms with Crippen LogP contribution in [0.25, 0.3) is 0 Å². The number of hydrogen-bond acceptors (Lipinski definition) is 6. The fourth-order valence-electron chi connectivity index (χ4n) is 8.43. The second kappa shape index (κ2) is 11.6. The first-order chi connectivity index (χ1) is 22.9. The summed E-state index contributed by atoms with van der Waals surface area (Å²) in [6.45, 7) is 9.58. The molecule has 0 aliphatic carbocycles. The van der Waals surface area contributed by atoms with Crippen LogP contribution < -0.4 is 19.9 Å². The molecular formula is C37H37Cl4N3O4. The van der Waals surface area contributed by atoms with Gasteiger partial charge in [-0.05, 0) is 89.0 Å². The predicted octanol–water partition coefficient (Wildman–Crippen LogP) is 9.01. The summed E-state index contributed by atoms with van der Waals surface area (Å²) < 4.78 is 13.6. The predicted molar refractivity (Wildman–Crippen MR) is 191 cm³/mol. The molecule has 252 valence electrons. The standard InChI is InChI=1S/C37H37Cl4N3O4/c1-36(2,3)42-26(45)11-7-13-43-12-4-8-19-16-22-25(18-24(19)43)47-34-21-10-6-15-44-14-5-9-20(33(21)44)17-23(34)37(22)28-27(35(46)48-37)29(38)31(40)32(41)30(28)39/h16-18H,4-15H2,1-3H3,(H,42,45). The highest BCUT2D eigenvalue weighted by Crippen LogP contribution is 2.63. The summed E-state index contributed by atoms with van der Waals surface area (Å²) in [6, 6.07) is 6.34. The zero-order chi connectivity index (χ0) is 33.7. The largest absolute Gasteiger partial charge is 0.456 e. The summed E-state index contributed by atoms with van der Waals surface area (Å²) in [4.78, 5) is 31.3. The van der Waals surface area contributed by atoms with E-state index in [1.807, 2.05) is 20.8 Å². The summed E-state index contributed by atoms with van der Waals surface area (Å²) in [5.74, 6) is 0.749. The molecular weight excluding hydrogens is 692 g/mol. The molecule has 0 radical (unpaired) electrons. The Morgan fingerprint density at radius 2 is 1.58 bits per heavy atom. The van der Waals surface area contributed by atoms with E-state index in [4.69, 9.17) is 55.9 Å². The van der Waals surface area contributed by atoms with Gasteiger partial charge in [-0.15, -0.1) is 0 Å². The van der Waals surface area contributed by atoms with Gasteiger partial charge in [-0.2, -0.15) is 0 Å². The fraction of sp³-hybridized carbons (Fsp3) is 0.459. The van der Waals surface area contributed by atoms with E-state index in [0.29, 0.717) is 29.0 Å². The minimum atomic E-state index is -1.43. The Bertz CT molecular complexity index is 1920. The van der Waals surface area contributed by atoms with Gasteiger partial charge in [-0.1, -0.05) is 46.4 Å². The molecule has 8 rings (SSSR count). The number of aryl methyl sites for hydroxylation is 2. The second-order valence-electron chi connectivity index (χ2n) is 14.6. The van der Waals surface area contributed by atoms with Crippen LogP contribution in [0.15, 0.2) is 18.2 Å². The van der Waals surface area contributed by atoms with Crippen LogP contribution in [-0.4, -0.2) is 43.6 Å². The van der Waals surface area contributed by atoms with Crippen LogP contribution in [-0.2, 0) is 34.4 Å². The van der Waals surface area contributed by atoms with Crippen LogP contribution in [0.5, 0.6) is 11.5 Å². The van der Waals surface area contributed by atoms with Crippen molar-refractivity contribution in [2.24, 2.45) is 0 Å². The third kappa shape index (κ3) is 4.90. The van der Waals surface area contributed by atoms with E-state index in [0.717, 1.165) is 93.5 Å². The summed E-state index contributed by atoms with van der Waals surface area (Å²) in [5, 5.41) is 3.34. The van der Waals surface area contributed by atoms with Gasteiger partial charge in [0.15, 0.2) is 5.60 Å². The summed E-state index contributed by atoms with van der Waals surface area (Å²) in [6.07, 6.45) is 6.75. The molecule has 0 aromatic heterocycles. The third-order valence-electron chi connectivity index (χ3n) is 10.3. The zero-order valence-electron chi connectivity index (χ0n) is 27.3. The highest BCUT2D eigenvalue weighted by molar-refractivity contribution is 6.53. The summed E-state index contributed by atoms with van der Waals surface area (Å²) in [7, 11) is 0. The quantitative estimate of drug-likeness (QED) is 0.164. The monoisotopic (exact) mass is 727 g/mol. The van der Waals surface area contributed by atoms with Crippen molar-refractivity contribution in [2.45, 2.75) is 83.3 Å². The molecule has 1 atom stereocenters. The Hall–Kier alpha value is -2.84. The molecule has 1 N–H and O–H groups in total. The lowest BCUT2D eigenvalue weighted by atomic mass is 9.74. The van der Waals surface area contributed by atoms with Crippen LogP contribution >= 0.6 is 46.4 Å². The van der Waals surface area contributed by atoms with Crippen molar-refractivity contribution in [1.82, 2.24) is 5.32 Å². The molecule has 1 amide bonds. The minimum absolute atomic E-state index is 0.0250. The highest BCUT2D eigenvalue weighted by Gasteiger charge is 2.58. The van der Waals surface area contributed by atoms with E-state index in [9.17, 15) is 9.59 Å². The van der Waals surface area contributed by atoms with E-state index >= 15 is 0 Å². The molecule has 1 spiro atoms. The maximum atomic E-state index is 13.9. The van der Waals surface area contributed by atoms with Gasteiger partial charge >= 0.3 is 5.97 Å². The number of rotatable bonds is 4. The van der Waals surface area contributed by atoms with Crippen LogP contribution in [0.4, 0.5) is 11.4 Å². The normalized spacial score (nSPS) is 20.4. The number of nitrogens with zero attached hydrogens (tertiary/aromatic N) is 2. The second-order valence-corrected chi connectivity index (χ2v) is 16.1. The van der Waals surface area contributed by atoms with Crippen LogP contribution in [0.2, 0.25) is 20.1 Å². The number of ether oxygens (including phenoxy) is 2. The number of benzene rings is 3. The summed E-state index contributed by atoms with van der Waals surface area (Å²) >= 11 is 27.1. The average molecular weight is 730 g/mol. The lowest BCUT2D eigenvalue weighted by Crippen LogP contribution is -2.41. The molecule has 7 nitrogen and oxygen atoms in total. The number of halogens is 4. The molecule has 5 heterocycles. The smallest absolute Gasteiger partial charge is 0.341 e. The number of esters is 1. The first-order valence-corrected chi connectivity index (χ1v) is 18.4. The number of carbonyl (C=O) groups is 2. The van der Waals surface area contributed by atoms with Gasteiger partial charge in [-0.3, -0.25) is 4.79 Å². The molecule has 11 heteroatoms. The first-order valence-electron chi connectivity index (χ1n) is 16.8. The Balaban J connectivity index is 1.31. The Kier molecular flexibility index (Phi) is 7.83. The molecule has 0 saturated carbocycles. The van der Waals surface area contributed by atoms with E-state index in [2.05, 4.69) is 33.3 Å². The molecule has 5 aliphatic heterocycles. The SMILES string of the molecule is CC(C)(C)NC(=O)CCCN1CCCc2cc3c(cc21)Oc1c(cc2c4c1CCCN4CCC2)C31OC(=O)c2c(Cl)c(Cl)c(Cl)c(Cl)c21. The molecule has 0 fully saturated rings. The maximum Gasteiger partial charge on any atom is 0.341 e. The van der Waals surface area contributed by atoms with Gasteiger partial charge < -0.3 is 24.6 Å². The van der Waals surface area contributed by atoms with Crippen LogP contribution in [0.1, 0.15) is 96.6 Å². The lowest BCUT2D eigenvalue weighted by molar-refractivity contribution is -0.122. The topological polar surface area (TPSA) is 71.1 Å². The van der Waals surface area contributed by atoms with Crippen molar-refractivity contribution in [2.75, 3.05) is 36.0 Å². The van der Waals surface area contributed by atoms with E-state index in [1.165, 1.54) is 11.3 Å². The summed E-state index contributed by atoms with van der Waals surface area (Å²) in [5.41, 5.74) is 6.04. The van der Waals surface area contributed by atoms with Crippen molar-refractivity contribution in [3.05, 3.63) is 77.2 Å². The Morgan fingerprint density at radius 3 is 2.35 bits per heavy atom. The molecule has 5 aliphatic rings. The number of nitrogens with one attached hydrogen (secondary N) is 1. The van der Waals surface area contributed by atoms with E-state index < -0.39 is 11.6 Å². The number of amides is 1. The Morgan fingerprint density at radius 1 is 0.896 bits per heavy atom. The average Bonchev–Trinajstić information content (AvgIpc) is 3.35. The molecule has 0 bridgehead atoms. The molecule has 3 aromatic rings. The molecule has 1 unspecified atom stereocenters. The van der Waals surface area contributed by atoms with Crippen molar-refractivity contribution in [3.8, 4) is 11.5 Å². The molecule has 48 heavy (non-hydrogen) atoms. The fourth-order valence-corrected chi connectivity index (χ4v) is 9.49. The molecule has 3 aromatic carbocycles. The zero-order valence-corrected chi connectivity index (χ0v) is 30.3. The third-order valence-corrected chi connectivity index (χ3v) is 12.1. The molecule has 0 saturated heterocycles. The number of fused-ring (bicyclic) bond motifs is 8. The number of anilines is 2. The van der Waals surface area contributed by atoms with E-state index in [-0.39, 0.29) is 37.1 Å². The van der Waals surface area contributed by atoms with Crippen molar-refractivity contribution in [3.63, 3.8) is 0 Å². The van der Waals surface area contributed by atoms with Gasteiger partial charge in [-0.25, -0.2) is 4.79 Å². The van der Waals surface area contributed by atoms with Gasteiger partial charge in [0.05, 0.1) is 25.7 Å². The number of carbonyl (C=O) groups excluding carboxylic acids is 2. The minimum Gasteiger partial charge on any atom is -0.456 e. The van der Waals surface area contributed by atoms with E-state index in [1.54, 1.807) is 0 Å². The van der Waals surface area contributed by atoms with Crippen LogP contribution in [0, 0.1) is 0 Å². The van der Waals surface area contributed by atoms with Crippen molar-refractivity contribution < 1.29 is 19.1 Å². The maximum absolute atomic E-state index is 13.9. The van der Waals surface area contributed by atoms with Gasteiger partial charge in [0.2, 0.25) is 5.91 Å². The highest BCUT2D eigenvalue weighted by atomic mass is 35.5. The van der Waals surface area contributed by atoms with Gasteiger partial charge in [0, 0.05) is 77.8 Å². The van der Waals surface area contributed by atoms with Gasteiger partial charge in [0.25, 0.3) is 0 Å². The van der Waals surface area contributed by atoms with Crippen molar-refractivity contribution >= 4 is 69.7 Å². The lowest BCUT2D eigenvalue weighted by Gasteiger charge is -2.43. The number of hydrogen-bond donors (Lipinski definition) is 1. The van der Waals surface area contributed by atoms with Crippen LogP contribution in [0.3, 0.4) is 0 Å². The first kappa shape index (κ1) is 32.4. The van der Waals surface area contributed by atoms with Gasteiger partial charge in [0.1, 0.15) is 11.5 Å². The van der Waals surface area contributed by atoms with Crippen molar-refractivity contribution in [1.29, 1.82) is 0 Å². The Labute approximate surface area is 300 Å².